The first-order valence-electron chi connectivity index (χ1n) is 6.31. The van der Waals surface area contributed by atoms with Crippen LogP contribution in [0.5, 0.6) is 0 Å². The molecule has 7 heteroatoms. The van der Waals surface area contributed by atoms with E-state index in [0.29, 0.717) is 11.7 Å². The molecule has 0 saturated heterocycles. The van der Waals surface area contributed by atoms with Crippen molar-refractivity contribution < 1.29 is 8.42 Å². The van der Waals surface area contributed by atoms with E-state index in [1.807, 2.05) is 31.2 Å². The van der Waals surface area contributed by atoms with E-state index in [0.717, 1.165) is 22.5 Å². The average Bonchev–Trinajstić information content (AvgIpc) is 2.37. The van der Waals surface area contributed by atoms with Crippen LogP contribution < -0.4 is 5.32 Å². The van der Waals surface area contributed by atoms with Gasteiger partial charge in [0.05, 0.1) is 11.3 Å². The molecule has 1 aromatic heterocycles. The van der Waals surface area contributed by atoms with Crippen LogP contribution in [0.15, 0.2) is 29.3 Å². The maximum Gasteiger partial charge on any atom is 0.224 e. The molecular formula is C13H17N3O2S2. The lowest BCUT2D eigenvalue weighted by Crippen LogP contribution is -2.06. The number of nitrogens with zero attached hydrogens (tertiary/aromatic N) is 2. The molecule has 0 bridgehead atoms. The first-order chi connectivity index (χ1) is 9.49. The second-order valence-corrected chi connectivity index (χ2v) is 7.72. The zero-order chi connectivity index (χ0) is 14.6. The number of hydrogen-bond donors (Lipinski definition) is 1. The molecule has 0 saturated carbocycles. The van der Waals surface area contributed by atoms with Crippen molar-refractivity contribution in [2.24, 2.45) is 0 Å². The van der Waals surface area contributed by atoms with Crippen molar-refractivity contribution in [1.29, 1.82) is 0 Å². The van der Waals surface area contributed by atoms with E-state index in [1.54, 1.807) is 0 Å². The zero-order valence-corrected chi connectivity index (χ0v) is 13.1. The number of hydrogen-bond acceptors (Lipinski definition) is 6. The third-order valence-electron chi connectivity index (χ3n) is 2.60. The standard InChI is InChI=1S/C13H17N3O2S2/c1-3-14-13-15-11-7-5-4-6-10(11)12(16-13)19-8-9-20(2,17)18/h4-7H,3,8-9H2,1-2H3,(H,14,15,16). The third kappa shape index (κ3) is 4.08. The van der Waals surface area contributed by atoms with Gasteiger partial charge >= 0.3 is 0 Å². The van der Waals surface area contributed by atoms with Crippen molar-refractivity contribution in [3.8, 4) is 0 Å². The van der Waals surface area contributed by atoms with Crippen LogP contribution in [-0.2, 0) is 9.84 Å². The molecule has 0 aliphatic rings. The van der Waals surface area contributed by atoms with Gasteiger partial charge in [0.1, 0.15) is 14.9 Å². The van der Waals surface area contributed by atoms with Gasteiger partial charge in [-0.2, -0.15) is 0 Å². The summed E-state index contributed by atoms with van der Waals surface area (Å²) in [6.45, 7) is 2.72. The topological polar surface area (TPSA) is 72.0 Å². The van der Waals surface area contributed by atoms with Crippen molar-refractivity contribution in [2.75, 3.05) is 29.6 Å². The minimum atomic E-state index is -2.95. The van der Waals surface area contributed by atoms with Crippen LogP contribution in [-0.4, -0.2) is 42.7 Å². The first-order valence-corrected chi connectivity index (χ1v) is 9.35. The normalized spacial score (nSPS) is 11.7. The third-order valence-corrected chi connectivity index (χ3v) is 4.79. The Bertz CT molecular complexity index is 702. The Kier molecular flexibility index (Phi) is 4.82. The van der Waals surface area contributed by atoms with Crippen LogP contribution in [0.1, 0.15) is 6.92 Å². The summed E-state index contributed by atoms with van der Waals surface area (Å²) in [6, 6.07) is 7.74. The van der Waals surface area contributed by atoms with Crippen LogP contribution in [0.25, 0.3) is 10.9 Å². The van der Waals surface area contributed by atoms with Crippen LogP contribution in [0, 0.1) is 0 Å². The number of aromatic nitrogens is 2. The van der Waals surface area contributed by atoms with Gasteiger partial charge in [0.15, 0.2) is 0 Å². The Morgan fingerprint density at radius 3 is 2.70 bits per heavy atom. The summed E-state index contributed by atoms with van der Waals surface area (Å²) in [7, 11) is -2.95. The molecule has 5 nitrogen and oxygen atoms in total. The summed E-state index contributed by atoms with van der Waals surface area (Å²) in [5, 5.41) is 4.86. The predicted octanol–water partition coefficient (Wildman–Crippen LogP) is 2.20. The van der Waals surface area contributed by atoms with Gasteiger partial charge in [-0.25, -0.2) is 18.4 Å². The predicted molar refractivity (Wildman–Crippen MR) is 84.1 cm³/mol. The molecule has 0 aliphatic carbocycles. The summed E-state index contributed by atoms with van der Waals surface area (Å²) in [6.07, 6.45) is 1.25. The number of rotatable bonds is 6. The molecule has 0 spiro atoms. The molecule has 108 valence electrons. The van der Waals surface area contributed by atoms with Gasteiger partial charge in [-0.1, -0.05) is 18.2 Å². The fourth-order valence-electron chi connectivity index (χ4n) is 1.68. The Labute approximate surface area is 123 Å². The molecule has 0 amide bonds. The Hall–Kier alpha value is -1.34. The highest BCUT2D eigenvalue weighted by Crippen LogP contribution is 2.26. The fraction of sp³-hybridized carbons (Fsp3) is 0.385. The summed E-state index contributed by atoms with van der Waals surface area (Å²) < 4.78 is 22.4. The highest BCUT2D eigenvalue weighted by molar-refractivity contribution is 8.00. The Balaban J connectivity index is 2.29. The second kappa shape index (κ2) is 6.41. The highest BCUT2D eigenvalue weighted by Gasteiger charge is 2.09. The molecule has 2 rings (SSSR count). The maximum atomic E-state index is 11.2. The molecule has 1 N–H and O–H groups in total. The fourth-order valence-corrected chi connectivity index (χ4v) is 3.90. The van der Waals surface area contributed by atoms with E-state index < -0.39 is 9.84 Å². The van der Waals surface area contributed by atoms with E-state index in [2.05, 4.69) is 15.3 Å². The number of fused-ring (bicyclic) bond motifs is 1. The number of nitrogens with one attached hydrogen (secondary N) is 1. The summed E-state index contributed by atoms with van der Waals surface area (Å²) in [5.41, 5.74) is 0.861. The number of anilines is 1. The van der Waals surface area contributed by atoms with Crippen molar-refractivity contribution >= 4 is 38.5 Å². The lowest BCUT2D eigenvalue weighted by Gasteiger charge is -2.08. The lowest BCUT2D eigenvalue weighted by atomic mass is 10.2. The molecule has 0 fully saturated rings. The molecule has 0 atom stereocenters. The molecular weight excluding hydrogens is 294 g/mol. The quantitative estimate of drug-likeness (QED) is 0.651. The highest BCUT2D eigenvalue weighted by atomic mass is 32.2. The number of para-hydroxylation sites is 1. The molecule has 20 heavy (non-hydrogen) atoms. The van der Waals surface area contributed by atoms with Crippen molar-refractivity contribution in [1.82, 2.24) is 9.97 Å². The maximum absolute atomic E-state index is 11.2. The Morgan fingerprint density at radius 1 is 1.25 bits per heavy atom. The lowest BCUT2D eigenvalue weighted by molar-refractivity contribution is 0.603. The van der Waals surface area contributed by atoms with Gasteiger partial charge in [-0.15, -0.1) is 11.8 Å². The number of thioether (sulfide) groups is 1. The molecule has 0 aliphatic heterocycles. The average molecular weight is 311 g/mol. The van der Waals surface area contributed by atoms with Gasteiger partial charge < -0.3 is 5.32 Å². The van der Waals surface area contributed by atoms with E-state index >= 15 is 0 Å². The molecule has 0 unspecified atom stereocenters. The van der Waals surface area contributed by atoms with Gasteiger partial charge in [0, 0.05) is 23.9 Å². The minimum Gasteiger partial charge on any atom is -0.354 e. The van der Waals surface area contributed by atoms with Crippen LogP contribution in [0.4, 0.5) is 5.95 Å². The molecule has 0 radical (unpaired) electrons. The van der Waals surface area contributed by atoms with Gasteiger partial charge in [-0.3, -0.25) is 0 Å². The van der Waals surface area contributed by atoms with Crippen molar-refractivity contribution in [2.45, 2.75) is 11.9 Å². The SMILES string of the molecule is CCNc1nc(SCCS(C)(=O)=O)c2ccccc2n1. The second-order valence-electron chi connectivity index (χ2n) is 4.38. The van der Waals surface area contributed by atoms with E-state index in [-0.39, 0.29) is 5.75 Å². The zero-order valence-electron chi connectivity index (χ0n) is 11.5. The summed E-state index contributed by atoms with van der Waals surface area (Å²) in [4.78, 5) is 8.88. The van der Waals surface area contributed by atoms with E-state index in [1.165, 1.54) is 18.0 Å². The molecule has 2 aromatic rings. The van der Waals surface area contributed by atoms with Crippen LogP contribution >= 0.6 is 11.8 Å². The van der Waals surface area contributed by atoms with Gasteiger partial charge in [0.25, 0.3) is 0 Å². The Morgan fingerprint density at radius 2 is 2.00 bits per heavy atom. The molecule has 1 aromatic carbocycles. The smallest absolute Gasteiger partial charge is 0.224 e. The first kappa shape index (κ1) is 15.1. The van der Waals surface area contributed by atoms with E-state index in [9.17, 15) is 8.42 Å². The van der Waals surface area contributed by atoms with Crippen LogP contribution in [0.2, 0.25) is 0 Å². The van der Waals surface area contributed by atoms with Gasteiger partial charge in [-0.05, 0) is 13.0 Å². The molecule has 1 heterocycles. The summed E-state index contributed by atoms with van der Waals surface area (Å²) in [5.74, 6) is 1.21. The number of sulfone groups is 1. The monoisotopic (exact) mass is 311 g/mol. The van der Waals surface area contributed by atoms with Crippen LogP contribution in [0.3, 0.4) is 0 Å². The summed E-state index contributed by atoms with van der Waals surface area (Å²) >= 11 is 1.45. The van der Waals surface area contributed by atoms with Crippen molar-refractivity contribution in [3.63, 3.8) is 0 Å². The number of benzene rings is 1. The largest absolute Gasteiger partial charge is 0.354 e. The van der Waals surface area contributed by atoms with Crippen molar-refractivity contribution in [3.05, 3.63) is 24.3 Å². The minimum absolute atomic E-state index is 0.145. The van der Waals surface area contributed by atoms with E-state index in [4.69, 9.17) is 0 Å². The van der Waals surface area contributed by atoms with Gasteiger partial charge in [0.2, 0.25) is 5.95 Å².